The molecule has 0 saturated heterocycles. The summed E-state index contributed by atoms with van der Waals surface area (Å²) < 4.78 is 5.16. The smallest absolute Gasteiger partial charge is 0.238 e. The fraction of sp³-hybridized carbons (Fsp3) is 0.0909. The van der Waals surface area contributed by atoms with Crippen LogP contribution in [0.2, 0.25) is 0 Å². The lowest BCUT2D eigenvalue weighted by Gasteiger charge is -2.04. The van der Waals surface area contributed by atoms with Gasteiger partial charge in [0.2, 0.25) is 5.91 Å². The van der Waals surface area contributed by atoms with Crippen molar-refractivity contribution in [3.8, 4) is 11.3 Å². The van der Waals surface area contributed by atoms with Gasteiger partial charge in [0.05, 0.1) is 12.7 Å². The molecule has 0 fully saturated rings. The highest BCUT2D eigenvalue weighted by molar-refractivity contribution is 5.92. The van der Waals surface area contributed by atoms with E-state index in [9.17, 15) is 4.79 Å². The molecule has 0 radical (unpaired) electrons. The number of carbonyl (C=O) groups is 1. The molecule has 0 atom stereocenters. The number of amides is 1. The number of oxazole rings is 1. The zero-order valence-corrected chi connectivity index (χ0v) is 8.51. The molecule has 16 heavy (non-hydrogen) atoms. The van der Waals surface area contributed by atoms with Crippen LogP contribution in [0.15, 0.2) is 41.3 Å². The van der Waals surface area contributed by atoms with Crippen molar-refractivity contribution >= 4 is 11.6 Å². The Morgan fingerprint density at radius 2 is 2.38 bits per heavy atom. The van der Waals surface area contributed by atoms with E-state index in [4.69, 9.17) is 10.2 Å². The SMILES string of the molecule is NCC(=O)Nc1cccc(-c2cnco2)c1. The van der Waals surface area contributed by atoms with Crippen molar-refractivity contribution in [3.05, 3.63) is 36.9 Å². The Hall–Kier alpha value is -2.14. The molecule has 0 aliphatic heterocycles. The van der Waals surface area contributed by atoms with Gasteiger partial charge in [-0.3, -0.25) is 4.79 Å². The minimum Gasteiger partial charge on any atom is -0.444 e. The Morgan fingerprint density at radius 3 is 3.06 bits per heavy atom. The van der Waals surface area contributed by atoms with Crippen LogP contribution in [-0.4, -0.2) is 17.4 Å². The van der Waals surface area contributed by atoms with Crippen LogP contribution in [0.3, 0.4) is 0 Å². The van der Waals surface area contributed by atoms with Gasteiger partial charge in [-0.15, -0.1) is 0 Å². The van der Waals surface area contributed by atoms with Crippen LogP contribution < -0.4 is 11.1 Å². The number of nitrogens with one attached hydrogen (secondary N) is 1. The lowest BCUT2D eigenvalue weighted by atomic mass is 10.1. The highest BCUT2D eigenvalue weighted by Gasteiger charge is 2.03. The van der Waals surface area contributed by atoms with Crippen LogP contribution in [0, 0.1) is 0 Å². The average molecular weight is 217 g/mol. The number of nitrogens with zero attached hydrogens (tertiary/aromatic N) is 1. The maximum absolute atomic E-state index is 11.1. The number of nitrogens with two attached hydrogens (primary N) is 1. The van der Waals surface area contributed by atoms with Gasteiger partial charge >= 0.3 is 0 Å². The third kappa shape index (κ3) is 2.26. The lowest BCUT2D eigenvalue weighted by molar-refractivity contribution is -0.114. The molecule has 5 nitrogen and oxygen atoms in total. The van der Waals surface area contributed by atoms with Crippen LogP contribution >= 0.6 is 0 Å². The van der Waals surface area contributed by atoms with Gasteiger partial charge < -0.3 is 15.5 Å². The van der Waals surface area contributed by atoms with Crippen molar-refractivity contribution in [2.45, 2.75) is 0 Å². The molecular weight excluding hydrogens is 206 g/mol. The number of hydrogen-bond donors (Lipinski definition) is 2. The molecule has 0 aliphatic carbocycles. The number of hydrogen-bond acceptors (Lipinski definition) is 4. The van der Waals surface area contributed by atoms with Gasteiger partial charge in [0, 0.05) is 11.3 Å². The molecule has 1 heterocycles. The predicted molar refractivity (Wildman–Crippen MR) is 59.6 cm³/mol. The minimum absolute atomic E-state index is 0.0352. The van der Waals surface area contributed by atoms with Crippen LogP contribution in [0.4, 0.5) is 5.69 Å². The second kappa shape index (κ2) is 4.59. The topological polar surface area (TPSA) is 81.2 Å². The first kappa shape index (κ1) is 10.4. The minimum atomic E-state index is -0.227. The number of carbonyl (C=O) groups excluding carboxylic acids is 1. The van der Waals surface area contributed by atoms with Gasteiger partial charge in [0.15, 0.2) is 12.2 Å². The standard InChI is InChI=1S/C11H11N3O2/c12-5-11(15)14-9-3-1-2-8(4-9)10-6-13-7-16-10/h1-4,6-7H,5,12H2,(H,14,15). The van der Waals surface area contributed by atoms with E-state index in [-0.39, 0.29) is 12.5 Å². The Kier molecular flexibility index (Phi) is 2.98. The van der Waals surface area contributed by atoms with Crippen LogP contribution in [-0.2, 0) is 4.79 Å². The van der Waals surface area contributed by atoms with Crippen molar-refractivity contribution in [2.75, 3.05) is 11.9 Å². The Balaban J connectivity index is 2.23. The summed E-state index contributed by atoms with van der Waals surface area (Å²) in [5.41, 5.74) is 6.75. The van der Waals surface area contributed by atoms with E-state index in [1.165, 1.54) is 6.39 Å². The van der Waals surface area contributed by atoms with E-state index >= 15 is 0 Å². The van der Waals surface area contributed by atoms with E-state index in [1.807, 2.05) is 12.1 Å². The lowest BCUT2D eigenvalue weighted by Crippen LogP contribution is -2.21. The van der Waals surface area contributed by atoms with Crippen molar-refractivity contribution in [2.24, 2.45) is 5.73 Å². The third-order valence-electron chi connectivity index (χ3n) is 2.05. The first-order valence-electron chi connectivity index (χ1n) is 4.78. The maximum Gasteiger partial charge on any atom is 0.238 e. The summed E-state index contributed by atoms with van der Waals surface area (Å²) in [7, 11) is 0. The molecule has 1 aromatic carbocycles. The number of rotatable bonds is 3. The van der Waals surface area contributed by atoms with Crippen molar-refractivity contribution in [3.63, 3.8) is 0 Å². The predicted octanol–water partition coefficient (Wildman–Crippen LogP) is 1.24. The molecule has 1 aromatic heterocycles. The summed E-state index contributed by atoms with van der Waals surface area (Å²) in [5, 5.41) is 2.67. The molecule has 2 rings (SSSR count). The molecule has 0 saturated carbocycles. The Morgan fingerprint density at radius 1 is 1.50 bits per heavy atom. The summed E-state index contributed by atoms with van der Waals surface area (Å²) in [6.07, 6.45) is 2.98. The molecule has 82 valence electrons. The highest BCUT2D eigenvalue weighted by Crippen LogP contribution is 2.21. The second-order valence-electron chi connectivity index (χ2n) is 3.20. The Labute approximate surface area is 92.3 Å². The Bertz CT molecular complexity index is 480. The maximum atomic E-state index is 11.1. The third-order valence-corrected chi connectivity index (χ3v) is 2.05. The molecule has 0 spiro atoms. The molecule has 3 N–H and O–H groups in total. The van der Waals surface area contributed by atoms with Gasteiger partial charge in [-0.25, -0.2) is 4.98 Å². The molecule has 5 heteroatoms. The summed E-state index contributed by atoms with van der Waals surface area (Å²) in [4.78, 5) is 14.9. The van der Waals surface area contributed by atoms with E-state index in [0.717, 1.165) is 5.56 Å². The highest BCUT2D eigenvalue weighted by atomic mass is 16.3. The monoisotopic (exact) mass is 217 g/mol. The number of benzene rings is 1. The van der Waals surface area contributed by atoms with Crippen LogP contribution in [0.25, 0.3) is 11.3 Å². The molecule has 1 amide bonds. The molecule has 0 bridgehead atoms. The quantitative estimate of drug-likeness (QED) is 0.810. The molecule has 0 unspecified atom stereocenters. The van der Waals surface area contributed by atoms with Gasteiger partial charge in [-0.1, -0.05) is 12.1 Å². The van der Waals surface area contributed by atoms with E-state index in [1.54, 1.807) is 18.3 Å². The van der Waals surface area contributed by atoms with Gasteiger partial charge in [-0.05, 0) is 12.1 Å². The second-order valence-corrected chi connectivity index (χ2v) is 3.20. The zero-order chi connectivity index (χ0) is 11.4. The van der Waals surface area contributed by atoms with Gasteiger partial charge in [0.1, 0.15) is 0 Å². The van der Waals surface area contributed by atoms with E-state index in [0.29, 0.717) is 11.4 Å². The summed E-state index contributed by atoms with van der Waals surface area (Å²) >= 11 is 0. The summed E-state index contributed by atoms with van der Waals surface area (Å²) in [5.74, 6) is 0.429. The number of aromatic nitrogens is 1. The first-order chi connectivity index (χ1) is 7.79. The summed E-state index contributed by atoms with van der Waals surface area (Å²) in [6.45, 7) is -0.0352. The average Bonchev–Trinajstić information content (AvgIpc) is 2.83. The van der Waals surface area contributed by atoms with Crippen molar-refractivity contribution in [1.29, 1.82) is 0 Å². The number of anilines is 1. The van der Waals surface area contributed by atoms with Crippen LogP contribution in [0.1, 0.15) is 0 Å². The first-order valence-corrected chi connectivity index (χ1v) is 4.78. The molecule has 2 aromatic rings. The summed E-state index contributed by atoms with van der Waals surface area (Å²) in [6, 6.07) is 7.28. The molecule has 0 aliphatic rings. The van der Waals surface area contributed by atoms with Crippen molar-refractivity contribution in [1.82, 2.24) is 4.98 Å². The van der Waals surface area contributed by atoms with E-state index in [2.05, 4.69) is 10.3 Å². The van der Waals surface area contributed by atoms with E-state index < -0.39 is 0 Å². The zero-order valence-electron chi connectivity index (χ0n) is 8.51. The fourth-order valence-corrected chi connectivity index (χ4v) is 1.32. The van der Waals surface area contributed by atoms with Gasteiger partial charge in [-0.2, -0.15) is 0 Å². The largest absolute Gasteiger partial charge is 0.444 e. The van der Waals surface area contributed by atoms with Crippen molar-refractivity contribution < 1.29 is 9.21 Å². The van der Waals surface area contributed by atoms with Gasteiger partial charge in [0.25, 0.3) is 0 Å². The molecular formula is C11H11N3O2. The fourth-order valence-electron chi connectivity index (χ4n) is 1.32. The van der Waals surface area contributed by atoms with Crippen LogP contribution in [0.5, 0.6) is 0 Å². The normalized spacial score (nSPS) is 10.1.